The van der Waals surface area contributed by atoms with Crippen molar-refractivity contribution in [2.45, 2.75) is 25.3 Å². The average molecular weight is 271 g/mol. The summed E-state index contributed by atoms with van der Waals surface area (Å²) in [6.07, 6.45) is 1.32. The number of aryl methyl sites for hydroxylation is 2. The van der Waals surface area contributed by atoms with Crippen LogP contribution in [0.3, 0.4) is 0 Å². The molecular formula is C10H13N3O2S2. The molecule has 0 aromatic carbocycles. The Morgan fingerprint density at radius 3 is 2.71 bits per heavy atom. The second-order valence-corrected chi connectivity index (χ2v) is 6.80. The van der Waals surface area contributed by atoms with Gasteiger partial charge in [0.15, 0.2) is 0 Å². The van der Waals surface area contributed by atoms with Crippen LogP contribution < -0.4 is 4.72 Å². The minimum absolute atomic E-state index is 0.200. The summed E-state index contributed by atoms with van der Waals surface area (Å²) in [5.41, 5.74) is 0.542. The highest BCUT2D eigenvalue weighted by Crippen LogP contribution is 2.16. The molecule has 0 fully saturated rings. The molecule has 7 heteroatoms. The maximum atomic E-state index is 11.9. The van der Waals surface area contributed by atoms with Crippen molar-refractivity contribution in [3.63, 3.8) is 0 Å². The van der Waals surface area contributed by atoms with Gasteiger partial charge in [-0.25, -0.2) is 13.1 Å². The lowest BCUT2D eigenvalue weighted by Crippen LogP contribution is -2.23. The second kappa shape index (κ2) is 4.59. The van der Waals surface area contributed by atoms with Gasteiger partial charge in [0.2, 0.25) is 10.0 Å². The van der Waals surface area contributed by atoms with Gasteiger partial charge >= 0.3 is 0 Å². The van der Waals surface area contributed by atoms with Crippen LogP contribution in [0.2, 0.25) is 0 Å². The molecule has 0 atom stereocenters. The van der Waals surface area contributed by atoms with E-state index in [1.54, 1.807) is 18.3 Å². The summed E-state index contributed by atoms with van der Waals surface area (Å²) in [5, 5.41) is 6.32. The molecule has 2 rings (SSSR count). The number of rotatable bonds is 4. The molecule has 0 saturated heterocycles. The average Bonchev–Trinajstić information content (AvgIpc) is 2.85. The number of H-pyrrole nitrogens is 1. The zero-order valence-corrected chi connectivity index (χ0v) is 11.2. The molecule has 0 saturated carbocycles. The van der Waals surface area contributed by atoms with Crippen LogP contribution in [0.5, 0.6) is 0 Å². The van der Waals surface area contributed by atoms with Gasteiger partial charge < -0.3 is 0 Å². The van der Waals surface area contributed by atoms with Crippen LogP contribution in [-0.4, -0.2) is 18.6 Å². The number of sulfonamides is 1. The summed E-state index contributed by atoms with van der Waals surface area (Å²) in [6.45, 7) is 3.98. The Bertz CT molecular complexity index is 613. The van der Waals surface area contributed by atoms with E-state index in [1.165, 1.54) is 11.1 Å². The molecular weight excluding hydrogens is 258 g/mol. The van der Waals surface area contributed by atoms with E-state index >= 15 is 0 Å². The van der Waals surface area contributed by atoms with Crippen molar-refractivity contribution >= 4 is 21.4 Å². The van der Waals surface area contributed by atoms with E-state index < -0.39 is 10.0 Å². The first-order valence-corrected chi connectivity index (χ1v) is 7.34. The fourth-order valence-electron chi connectivity index (χ4n) is 1.43. The zero-order valence-electron chi connectivity index (χ0n) is 9.52. The Morgan fingerprint density at radius 1 is 1.41 bits per heavy atom. The molecule has 0 aliphatic heterocycles. The van der Waals surface area contributed by atoms with Crippen molar-refractivity contribution in [2.24, 2.45) is 0 Å². The Kier molecular flexibility index (Phi) is 3.32. The number of aromatic nitrogens is 2. The van der Waals surface area contributed by atoms with Crippen LogP contribution in [-0.2, 0) is 16.6 Å². The zero-order chi connectivity index (χ0) is 12.5. The smallest absolute Gasteiger partial charge is 0.244 e. The molecule has 2 aromatic heterocycles. The summed E-state index contributed by atoms with van der Waals surface area (Å²) in [7, 11) is -3.47. The van der Waals surface area contributed by atoms with Crippen LogP contribution in [0.4, 0.5) is 0 Å². The highest BCUT2D eigenvalue weighted by Gasteiger charge is 2.18. The maximum absolute atomic E-state index is 11.9. The molecule has 0 amide bonds. The van der Waals surface area contributed by atoms with E-state index in [9.17, 15) is 8.42 Å². The normalized spacial score (nSPS) is 11.9. The van der Waals surface area contributed by atoms with E-state index in [2.05, 4.69) is 14.9 Å². The van der Waals surface area contributed by atoms with Crippen LogP contribution in [0.25, 0.3) is 0 Å². The molecule has 0 radical (unpaired) electrons. The van der Waals surface area contributed by atoms with Gasteiger partial charge in [-0.05, 0) is 26.0 Å². The monoisotopic (exact) mass is 271 g/mol. The molecule has 2 heterocycles. The van der Waals surface area contributed by atoms with Gasteiger partial charge in [0.1, 0.15) is 4.90 Å². The lowest BCUT2D eigenvalue weighted by atomic mass is 10.4. The Labute approximate surface area is 104 Å². The largest absolute Gasteiger partial charge is 0.281 e. The molecule has 0 aliphatic carbocycles. The van der Waals surface area contributed by atoms with Gasteiger partial charge in [0, 0.05) is 16.3 Å². The molecule has 0 bridgehead atoms. The first-order chi connectivity index (χ1) is 7.99. The Morgan fingerprint density at radius 2 is 2.18 bits per heavy atom. The number of hydrogen-bond acceptors (Lipinski definition) is 4. The van der Waals surface area contributed by atoms with Gasteiger partial charge in [-0.2, -0.15) is 5.10 Å². The molecule has 2 N–H and O–H groups in total. The van der Waals surface area contributed by atoms with E-state index in [0.717, 1.165) is 4.88 Å². The first-order valence-electron chi connectivity index (χ1n) is 5.04. The summed E-state index contributed by atoms with van der Waals surface area (Å²) >= 11 is 1.58. The minimum Gasteiger partial charge on any atom is -0.281 e. The number of hydrogen-bond donors (Lipinski definition) is 2. The minimum atomic E-state index is -3.47. The van der Waals surface area contributed by atoms with E-state index in [1.807, 2.05) is 19.1 Å². The van der Waals surface area contributed by atoms with Crippen LogP contribution in [0.1, 0.15) is 15.4 Å². The van der Waals surface area contributed by atoms with Gasteiger partial charge in [-0.15, -0.1) is 11.3 Å². The second-order valence-electron chi connectivity index (χ2n) is 3.70. The van der Waals surface area contributed by atoms with Gasteiger partial charge in [-0.1, -0.05) is 0 Å². The van der Waals surface area contributed by atoms with Crippen molar-refractivity contribution in [3.8, 4) is 0 Å². The summed E-state index contributed by atoms with van der Waals surface area (Å²) in [4.78, 5) is 2.36. The van der Waals surface area contributed by atoms with Crippen molar-refractivity contribution in [2.75, 3.05) is 0 Å². The van der Waals surface area contributed by atoms with Crippen molar-refractivity contribution in [3.05, 3.63) is 33.8 Å². The van der Waals surface area contributed by atoms with Crippen LogP contribution in [0.15, 0.2) is 23.2 Å². The summed E-state index contributed by atoms with van der Waals surface area (Å²) in [6, 6.07) is 3.89. The molecule has 17 heavy (non-hydrogen) atoms. The fraction of sp³-hybridized carbons (Fsp3) is 0.300. The quantitative estimate of drug-likeness (QED) is 0.886. The third kappa shape index (κ3) is 2.74. The lowest BCUT2D eigenvalue weighted by Gasteiger charge is -2.03. The van der Waals surface area contributed by atoms with E-state index in [-0.39, 0.29) is 4.90 Å². The molecule has 0 unspecified atom stereocenters. The SMILES string of the molecule is Cc1ccc(CNS(=O)(=O)c2cn[nH]c2C)s1. The summed E-state index contributed by atoms with van der Waals surface area (Å²) in [5.74, 6) is 0. The predicted molar refractivity (Wildman–Crippen MR) is 66.4 cm³/mol. The van der Waals surface area contributed by atoms with Gasteiger partial charge in [0.25, 0.3) is 0 Å². The lowest BCUT2D eigenvalue weighted by molar-refractivity contribution is 0.581. The fourth-order valence-corrected chi connectivity index (χ4v) is 3.50. The van der Waals surface area contributed by atoms with Crippen molar-refractivity contribution in [1.82, 2.24) is 14.9 Å². The van der Waals surface area contributed by atoms with Gasteiger partial charge in [0.05, 0.1) is 11.9 Å². The highest BCUT2D eigenvalue weighted by molar-refractivity contribution is 7.89. The highest BCUT2D eigenvalue weighted by atomic mass is 32.2. The molecule has 0 spiro atoms. The third-order valence-electron chi connectivity index (χ3n) is 2.31. The standard InChI is InChI=1S/C10H13N3O2S2/c1-7-3-4-9(16-7)5-12-17(14,15)10-6-11-13-8(10)2/h3-4,6,12H,5H2,1-2H3,(H,11,13). The van der Waals surface area contributed by atoms with Crippen LogP contribution >= 0.6 is 11.3 Å². The van der Waals surface area contributed by atoms with Crippen molar-refractivity contribution in [1.29, 1.82) is 0 Å². The number of nitrogens with one attached hydrogen (secondary N) is 2. The van der Waals surface area contributed by atoms with E-state index in [4.69, 9.17) is 0 Å². The molecule has 5 nitrogen and oxygen atoms in total. The molecule has 92 valence electrons. The van der Waals surface area contributed by atoms with Crippen molar-refractivity contribution < 1.29 is 8.42 Å². The molecule has 2 aromatic rings. The van der Waals surface area contributed by atoms with E-state index in [0.29, 0.717) is 12.2 Å². The van der Waals surface area contributed by atoms with Crippen LogP contribution in [0, 0.1) is 13.8 Å². The Balaban J connectivity index is 2.11. The number of aromatic amines is 1. The summed E-state index contributed by atoms with van der Waals surface area (Å²) < 4.78 is 26.4. The number of nitrogens with zero attached hydrogens (tertiary/aromatic N) is 1. The molecule has 0 aliphatic rings. The van der Waals surface area contributed by atoms with Gasteiger partial charge in [-0.3, -0.25) is 5.10 Å². The topological polar surface area (TPSA) is 74.8 Å². The third-order valence-corrected chi connectivity index (χ3v) is 4.82. The maximum Gasteiger partial charge on any atom is 0.244 e. The predicted octanol–water partition coefficient (Wildman–Crippen LogP) is 1.57. The first kappa shape index (κ1) is 12.3. The Hall–Kier alpha value is -1.18. The number of thiophene rings is 1.